The average molecular weight is 628 g/mol. The molecule has 3 rings (SSSR count). The number of methoxy groups -OCH3 is 1. The van der Waals surface area contributed by atoms with Gasteiger partial charge in [0.05, 0.1) is 29.9 Å². The number of hydrogen-bond acceptors (Lipinski definition) is 7. The molecule has 4 N–H and O–H groups in total. The van der Waals surface area contributed by atoms with E-state index in [0.717, 1.165) is 0 Å². The molecular formula is C26H30FIN2O7. The minimum absolute atomic E-state index is 0.0370. The van der Waals surface area contributed by atoms with Gasteiger partial charge in [0, 0.05) is 32.0 Å². The fraction of sp³-hybridized carbons (Fsp3) is 0.385. The molecule has 0 radical (unpaired) electrons. The molecule has 0 heterocycles. The highest BCUT2D eigenvalue weighted by atomic mass is 127. The van der Waals surface area contributed by atoms with Crippen LogP contribution in [0.2, 0.25) is 0 Å². The lowest BCUT2D eigenvalue weighted by atomic mass is 9.88. The molecule has 200 valence electrons. The van der Waals surface area contributed by atoms with Crippen LogP contribution in [0.25, 0.3) is 0 Å². The van der Waals surface area contributed by atoms with Crippen LogP contribution >= 0.6 is 22.6 Å². The number of carbonyl (C=O) groups is 2. The molecule has 2 aromatic rings. The molecule has 37 heavy (non-hydrogen) atoms. The number of nitrogens with zero attached hydrogens (tertiary/aromatic N) is 1. The fourth-order valence-corrected chi connectivity index (χ4v) is 4.94. The number of nitrogens with one attached hydrogen (secondary N) is 1. The van der Waals surface area contributed by atoms with Crippen LogP contribution in [0.4, 0.5) is 4.39 Å². The van der Waals surface area contributed by atoms with Crippen LogP contribution in [0.5, 0.6) is 11.5 Å². The Labute approximate surface area is 228 Å². The summed E-state index contributed by atoms with van der Waals surface area (Å²) >= 11 is 2.02. The van der Waals surface area contributed by atoms with Crippen LogP contribution in [-0.2, 0) is 22.7 Å². The molecule has 0 aromatic heterocycles. The highest BCUT2D eigenvalue weighted by molar-refractivity contribution is 14.1. The van der Waals surface area contributed by atoms with Crippen molar-refractivity contribution in [1.82, 2.24) is 10.2 Å². The quantitative estimate of drug-likeness (QED) is 0.296. The molecule has 1 aliphatic carbocycles. The largest absolute Gasteiger partial charge is 0.493 e. The summed E-state index contributed by atoms with van der Waals surface area (Å²) in [6, 6.07) is 8.15. The summed E-state index contributed by atoms with van der Waals surface area (Å²) in [5.41, 5.74) is 1.54. The van der Waals surface area contributed by atoms with Crippen molar-refractivity contribution in [2.75, 3.05) is 20.3 Å². The Hall–Kier alpha value is -2.74. The Bertz CT molecular complexity index is 1140. The van der Waals surface area contributed by atoms with Gasteiger partial charge in [0.15, 0.2) is 11.5 Å². The number of aliphatic hydroxyl groups excluding tert-OH is 3. The molecule has 0 saturated heterocycles. The molecule has 0 spiro atoms. The van der Waals surface area contributed by atoms with E-state index in [1.165, 1.54) is 37.1 Å². The molecule has 0 saturated carbocycles. The summed E-state index contributed by atoms with van der Waals surface area (Å²) in [6.07, 6.45) is -0.723. The molecule has 0 fully saturated rings. The predicted molar refractivity (Wildman–Crippen MR) is 141 cm³/mol. The van der Waals surface area contributed by atoms with Crippen molar-refractivity contribution in [1.29, 1.82) is 0 Å². The normalized spacial score (nSPS) is 19.1. The fourth-order valence-electron chi connectivity index (χ4n) is 4.14. The minimum Gasteiger partial charge on any atom is -0.493 e. The zero-order valence-electron chi connectivity index (χ0n) is 20.5. The van der Waals surface area contributed by atoms with Gasteiger partial charge in [-0.05, 0) is 64.1 Å². The zero-order chi connectivity index (χ0) is 27.1. The number of amides is 2. The maximum atomic E-state index is 13.4. The molecule has 1 aliphatic rings. The number of hydrogen-bond donors (Lipinski definition) is 4. The van der Waals surface area contributed by atoms with Crippen molar-refractivity contribution in [2.24, 2.45) is 0 Å². The second-order valence-electron chi connectivity index (χ2n) is 8.56. The molecule has 2 amide bonds. The molecule has 3 atom stereocenters. The lowest BCUT2D eigenvalue weighted by molar-refractivity contribution is -0.137. The number of rotatable bonds is 10. The van der Waals surface area contributed by atoms with Gasteiger partial charge < -0.3 is 35.0 Å². The van der Waals surface area contributed by atoms with Crippen LogP contribution in [0, 0.1) is 9.39 Å². The summed E-state index contributed by atoms with van der Waals surface area (Å²) in [5.74, 6) is -0.569. The number of carbonyl (C=O) groups excluding carboxylic acids is 2. The van der Waals surface area contributed by atoms with Crippen molar-refractivity contribution in [2.45, 2.75) is 44.7 Å². The van der Waals surface area contributed by atoms with Crippen molar-refractivity contribution in [3.63, 3.8) is 0 Å². The monoisotopic (exact) mass is 628 g/mol. The van der Waals surface area contributed by atoms with Crippen molar-refractivity contribution in [3.05, 3.63) is 68.6 Å². The maximum Gasteiger partial charge on any atom is 0.247 e. The molecular weight excluding hydrogens is 598 g/mol. The predicted octanol–water partition coefficient (Wildman–Crippen LogP) is 1.90. The zero-order valence-corrected chi connectivity index (χ0v) is 22.6. The van der Waals surface area contributed by atoms with Crippen molar-refractivity contribution < 1.29 is 38.8 Å². The number of benzene rings is 2. The first-order chi connectivity index (χ1) is 17.7. The van der Waals surface area contributed by atoms with E-state index in [1.807, 2.05) is 22.6 Å². The van der Waals surface area contributed by atoms with Crippen LogP contribution in [0.15, 0.2) is 48.0 Å². The van der Waals surface area contributed by atoms with Gasteiger partial charge in [-0.2, -0.15) is 0 Å². The van der Waals surface area contributed by atoms with Gasteiger partial charge in [0.2, 0.25) is 11.8 Å². The Balaban J connectivity index is 1.99. The third-order valence-electron chi connectivity index (χ3n) is 6.01. The van der Waals surface area contributed by atoms with Crippen molar-refractivity contribution in [3.8, 4) is 11.5 Å². The standard InChI is InChI=1S/C26H30FIN2O7/c1-15(33)30(13-16-3-5-19(27)6-4-16)21-11-18(26(35)29-7-8-31)12-22(24(21)34)37-25-20(28)9-17(14-32)10-23(25)36-2/h3-6,9-10,12,21-22,24,31-32,34H,7-8,11,13-14H2,1-2H3,(H,29,35). The van der Waals surface area contributed by atoms with E-state index in [0.29, 0.717) is 26.2 Å². The second kappa shape index (κ2) is 13.2. The van der Waals surface area contributed by atoms with Gasteiger partial charge in [-0.1, -0.05) is 12.1 Å². The SMILES string of the molecule is COc1cc(CO)cc(I)c1OC1C=C(C(=O)NCCO)CC(N(Cc2ccc(F)cc2)C(C)=O)C1O. The van der Waals surface area contributed by atoms with E-state index >= 15 is 0 Å². The minimum atomic E-state index is -1.23. The summed E-state index contributed by atoms with van der Waals surface area (Å²) in [4.78, 5) is 27.0. The topological polar surface area (TPSA) is 129 Å². The van der Waals surface area contributed by atoms with Gasteiger partial charge in [-0.25, -0.2) is 4.39 Å². The van der Waals surface area contributed by atoms with Crippen LogP contribution in [-0.4, -0.2) is 70.5 Å². The Morgan fingerprint density at radius 2 is 1.89 bits per heavy atom. The smallest absolute Gasteiger partial charge is 0.247 e. The molecule has 11 heteroatoms. The molecule has 9 nitrogen and oxygen atoms in total. The second-order valence-corrected chi connectivity index (χ2v) is 9.72. The first-order valence-electron chi connectivity index (χ1n) is 11.6. The summed E-state index contributed by atoms with van der Waals surface area (Å²) in [7, 11) is 1.45. The number of ether oxygens (including phenoxy) is 2. The van der Waals surface area contributed by atoms with E-state index in [2.05, 4.69) is 5.32 Å². The number of halogens is 2. The van der Waals surface area contributed by atoms with Gasteiger partial charge in [0.25, 0.3) is 0 Å². The van der Waals surface area contributed by atoms with Gasteiger partial charge in [-0.3, -0.25) is 9.59 Å². The van der Waals surface area contributed by atoms with E-state index in [4.69, 9.17) is 14.6 Å². The van der Waals surface area contributed by atoms with Crippen LogP contribution in [0.3, 0.4) is 0 Å². The van der Waals surface area contributed by atoms with E-state index in [-0.39, 0.29) is 44.2 Å². The third-order valence-corrected chi connectivity index (χ3v) is 6.81. The highest BCUT2D eigenvalue weighted by Gasteiger charge is 2.40. The van der Waals surface area contributed by atoms with Gasteiger partial charge in [0.1, 0.15) is 18.0 Å². The highest BCUT2D eigenvalue weighted by Crippen LogP contribution is 2.37. The summed E-state index contributed by atoms with van der Waals surface area (Å²) < 4.78 is 25.6. The number of aliphatic hydroxyl groups is 3. The Morgan fingerprint density at radius 3 is 2.49 bits per heavy atom. The van der Waals surface area contributed by atoms with Crippen molar-refractivity contribution >= 4 is 34.4 Å². The Morgan fingerprint density at radius 1 is 1.19 bits per heavy atom. The molecule has 3 unspecified atom stereocenters. The summed E-state index contributed by atoms with van der Waals surface area (Å²) in [5, 5.41) is 32.6. The Kier molecular flexibility index (Phi) is 10.3. The lowest BCUT2D eigenvalue weighted by Gasteiger charge is -2.40. The van der Waals surface area contributed by atoms with Crippen LogP contribution in [0.1, 0.15) is 24.5 Å². The van der Waals surface area contributed by atoms with E-state index < -0.39 is 30.0 Å². The van der Waals surface area contributed by atoms with E-state index in [1.54, 1.807) is 24.3 Å². The first kappa shape index (κ1) is 28.8. The molecule has 2 aromatic carbocycles. The van der Waals surface area contributed by atoms with Gasteiger partial charge >= 0.3 is 0 Å². The molecule has 0 aliphatic heterocycles. The average Bonchev–Trinajstić information content (AvgIpc) is 2.88. The molecule has 0 bridgehead atoms. The first-order valence-corrected chi connectivity index (χ1v) is 12.7. The third kappa shape index (κ3) is 7.18. The van der Waals surface area contributed by atoms with E-state index in [9.17, 15) is 24.2 Å². The van der Waals surface area contributed by atoms with Gasteiger partial charge in [-0.15, -0.1) is 0 Å². The maximum absolute atomic E-state index is 13.4. The van der Waals surface area contributed by atoms with Crippen LogP contribution < -0.4 is 14.8 Å². The lowest BCUT2D eigenvalue weighted by Crippen LogP contribution is -2.54. The summed E-state index contributed by atoms with van der Waals surface area (Å²) in [6.45, 7) is 1.03.